The quantitative estimate of drug-likeness (QED) is 0.111. The molecule has 1 atom stereocenters. The van der Waals surface area contributed by atoms with Crippen LogP contribution >= 0.6 is 0 Å². The Morgan fingerprint density at radius 1 is 0.480 bits per heavy atom. The molecule has 0 saturated carbocycles. The number of unbranched alkanes of at least 4 members (excludes halogenated alkanes) is 5. The molecule has 0 saturated heterocycles. The second kappa shape index (κ2) is 29.7. The Kier molecular flexibility index (Phi) is 29.1. The Labute approximate surface area is 286 Å². The van der Waals surface area contributed by atoms with Crippen molar-refractivity contribution in [3.8, 4) is 0 Å². The largest absolute Gasteiger partial charge is 0.481 e. The molecule has 0 aliphatic carbocycles. The predicted octanol–water partition coefficient (Wildman–Crippen LogP) is 2.47. The molecule has 2 aromatic rings. The van der Waals surface area contributed by atoms with Gasteiger partial charge in [0.15, 0.2) is 0 Å². The standard InChI is InChI=1S/C10H18O4.C9H6O6.C8H6O4.C3H8O2.C2H6O2/c11-9(12)7-5-3-1-2-4-6-8-10(13)14;10-7(11)4-1-2-5(8(12)13)6(3-4)9(14)15;9-7(10)5-1-2-6(4-3-5)8(11)12;1-3(5)2-4;3-1-2-4/h1-8H2,(H,11,12)(H,13,14);1-3H,(H,10,11)(H,12,13)(H,14,15);1-4H,(H,9,10)(H,11,12);3-5H,2H2,1H3;3-4H,1-2H2. The van der Waals surface area contributed by atoms with Gasteiger partial charge in [-0.15, -0.1) is 0 Å². The SMILES string of the molecule is CC(O)CO.O=C(O)CCCCCCCCC(=O)O.O=C(O)c1ccc(C(=O)O)c(C(=O)O)c1.O=C(O)c1ccc(C(=O)O)cc1.OCCO. The zero-order valence-corrected chi connectivity index (χ0v) is 27.2. The van der Waals surface area contributed by atoms with Gasteiger partial charge in [0.05, 0.1) is 53.7 Å². The number of carboxylic acid groups (broad SMARTS) is 7. The van der Waals surface area contributed by atoms with Crippen molar-refractivity contribution >= 4 is 41.8 Å². The summed E-state index contributed by atoms with van der Waals surface area (Å²) in [6.45, 7) is 1.14. The van der Waals surface area contributed by atoms with E-state index in [1.807, 2.05) is 0 Å². The lowest BCUT2D eigenvalue weighted by Crippen LogP contribution is -2.10. The maximum absolute atomic E-state index is 10.6. The first-order valence-corrected chi connectivity index (χ1v) is 14.7. The highest BCUT2D eigenvalue weighted by molar-refractivity contribution is 6.03. The lowest BCUT2D eigenvalue weighted by atomic mass is 10.0. The van der Waals surface area contributed by atoms with E-state index in [2.05, 4.69) is 0 Å². The van der Waals surface area contributed by atoms with Crippen molar-refractivity contribution < 1.29 is 89.7 Å². The summed E-state index contributed by atoms with van der Waals surface area (Å²) in [5, 5.41) is 90.8. The van der Waals surface area contributed by atoms with E-state index in [1.54, 1.807) is 0 Å². The van der Waals surface area contributed by atoms with Gasteiger partial charge in [-0.25, -0.2) is 24.0 Å². The number of carboxylic acids is 7. The number of hydrogen-bond donors (Lipinski definition) is 11. The van der Waals surface area contributed by atoms with Gasteiger partial charge in [-0.3, -0.25) is 9.59 Å². The van der Waals surface area contributed by atoms with Crippen molar-refractivity contribution in [2.45, 2.75) is 64.4 Å². The van der Waals surface area contributed by atoms with Gasteiger partial charge in [0.1, 0.15) is 0 Å². The monoisotopic (exact) mass is 716 g/mol. The smallest absolute Gasteiger partial charge is 0.336 e. The van der Waals surface area contributed by atoms with E-state index in [-0.39, 0.29) is 49.4 Å². The molecule has 0 heterocycles. The first-order chi connectivity index (χ1) is 23.3. The van der Waals surface area contributed by atoms with Crippen molar-refractivity contribution in [2.75, 3.05) is 19.8 Å². The Morgan fingerprint density at radius 2 is 0.780 bits per heavy atom. The molecule has 1 unspecified atom stereocenters. The first-order valence-electron chi connectivity index (χ1n) is 14.7. The molecule has 0 aliphatic heterocycles. The zero-order chi connectivity index (χ0) is 39.2. The van der Waals surface area contributed by atoms with E-state index in [9.17, 15) is 33.6 Å². The number of carbonyl (C=O) groups is 7. The van der Waals surface area contributed by atoms with Crippen molar-refractivity contribution in [3.63, 3.8) is 0 Å². The molecule has 18 heteroatoms. The molecule has 0 fully saturated rings. The van der Waals surface area contributed by atoms with Crippen LogP contribution in [0.15, 0.2) is 42.5 Å². The minimum atomic E-state index is -1.48. The van der Waals surface area contributed by atoms with Gasteiger partial charge in [-0.2, -0.15) is 0 Å². The van der Waals surface area contributed by atoms with Crippen LogP contribution in [0.5, 0.6) is 0 Å². The average molecular weight is 717 g/mol. The van der Waals surface area contributed by atoms with Crippen molar-refractivity contribution in [3.05, 3.63) is 70.3 Å². The summed E-state index contributed by atoms with van der Waals surface area (Å²) < 4.78 is 0. The summed E-state index contributed by atoms with van der Waals surface area (Å²) >= 11 is 0. The molecule has 0 aliphatic rings. The van der Waals surface area contributed by atoms with Crippen LogP contribution in [0.3, 0.4) is 0 Å². The van der Waals surface area contributed by atoms with E-state index in [4.69, 9.17) is 56.2 Å². The summed E-state index contributed by atoms with van der Waals surface area (Å²) in [5.41, 5.74) is -1.08. The van der Waals surface area contributed by atoms with Gasteiger partial charge < -0.3 is 56.2 Å². The molecule has 0 amide bonds. The summed E-state index contributed by atoms with van der Waals surface area (Å²) in [6, 6.07) is 7.83. The Bertz CT molecular complexity index is 1280. The van der Waals surface area contributed by atoms with Gasteiger partial charge in [0, 0.05) is 12.8 Å². The molecule has 2 aromatic carbocycles. The molecular formula is C32H44O18. The van der Waals surface area contributed by atoms with Crippen LogP contribution in [0.4, 0.5) is 0 Å². The highest BCUT2D eigenvalue weighted by Crippen LogP contribution is 2.13. The van der Waals surface area contributed by atoms with E-state index < -0.39 is 59.0 Å². The van der Waals surface area contributed by atoms with Crippen LogP contribution in [0, 0.1) is 0 Å². The summed E-state index contributed by atoms with van der Waals surface area (Å²) in [6.07, 6.45) is 5.26. The molecule has 0 bridgehead atoms. The Morgan fingerprint density at radius 3 is 1.02 bits per heavy atom. The lowest BCUT2D eigenvalue weighted by molar-refractivity contribution is -0.138. The number of aliphatic carboxylic acids is 2. The molecule has 50 heavy (non-hydrogen) atoms. The van der Waals surface area contributed by atoms with Crippen molar-refractivity contribution in [1.82, 2.24) is 0 Å². The van der Waals surface area contributed by atoms with E-state index in [0.29, 0.717) is 0 Å². The molecule has 0 aromatic heterocycles. The normalized spacial score (nSPS) is 10.0. The van der Waals surface area contributed by atoms with E-state index in [0.717, 1.165) is 56.7 Å². The Balaban J connectivity index is -0.000000592. The van der Waals surface area contributed by atoms with Crippen molar-refractivity contribution in [1.29, 1.82) is 0 Å². The fourth-order valence-corrected chi connectivity index (χ4v) is 3.06. The summed E-state index contributed by atoms with van der Waals surface area (Å²) in [7, 11) is 0. The number of hydrogen-bond acceptors (Lipinski definition) is 11. The minimum absolute atomic E-state index is 0.0833. The van der Waals surface area contributed by atoms with Crippen LogP contribution < -0.4 is 0 Å². The van der Waals surface area contributed by atoms with Gasteiger partial charge >= 0.3 is 41.8 Å². The highest BCUT2D eigenvalue weighted by Gasteiger charge is 2.18. The molecule has 2 rings (SSSR count). The van der Waals surface area contributed by atoms with Gasteiger partial charge in [0.2, 0.25) is 0 Å². The number of aromatic carboxylic acids is 5. The predicted molar refractivity (Wildman–Crippen MR) is 173 cm³/mol. The fraction of sp³-hybridized carbons (Fsp3) is 0.406. The van der Waals surface area contributed by atoms with Crippen LogP contribution in [0.1, 0.15) is 110 Å². The van der Waals surface area contributed by atoms with Gasteiger partial charge in [-0.05, 0) is 62.2 Å². The summed E-state index contributed by atoms with van der Waals surface area (Å²) in [4.78, 5) is 72.7. The van der Waals surface area contributed by atoms with Crippen molar-refractivity contribution in [2.24, 2.45) is 0 Å². The molecule has 0 spiro atoms. The minimum Gasteiger partial charge on any atom is -0.481 e. The third-order valence-electron chi connectivity index (χ3n) is 5.50. The van der Waals surface area contributed by atoms with Gasteiger partial charge in [0.25, 0.3) is 0 Å². The number of aliphatic hydroxyl groups is 4. The lowest BCUT2D eigenvalue weighted by Gasteiger charge is -2.02. The highest BCUT2D eigenvalue weighted by atomic mass is 16.4. The van der Waals surface area contributed by atoms with Gasteiger partial charge in [-0.1, -0.05) is 25.7 Å². The maximum Gasteiger partial charge on any atom is 0.336 e. The topological polar surface area (TPSA) is 342 Å². The third-order valence-corrected chi connectivity index (χ3v) is 5.50. The molecular weight excluding hydrogens is 672 g/mol. The maximum atomic E-state index is 10.6. The Hall–Kier alpha value is -5.43. The number of rotatable bonds is 16. The van der Waals surface area contributed by atoms with E-state index in [1.165, 1.54) is 31.2 Å². The molecule has 11 N–H and O–H groups in total. The molecule has 18 nitrogen and oxygen atoms in total. The first kappa shape index (κ1) is 49.0. The van der Waals surface area contributed by atoms with Crippen LogP contribution in [0.2, 0.25) is 0 Å². The fourth-order valence-electron chi connectivity index (χ4n) is 3.06. The van der Waals surface area contributed by atoms with Crippen LogP contribution in [-0.4, -0.2) is 124 Å². The second-order valence-corrected chi connectivity index (χ2v) is 9.75. The molecule has 280 valence electrons. The number of aliphatic hydroxyl groups excluding tert-OH is 4. The van der Waals surface area contributed by atoms with E-state index >= 15 is 0 Å². The van der Waals surface area contributed by atoms with Crippen LogP contribution in [0.25, 0.3) is 0 Å². The average Bonchev–Trinajstić information content (AvgIpc) is 3.06. The molecule has 0 radical (unpaired) electrons. The van der Waals surface area contributed by atoms with Crippen LogP contribution in [-0.2, 0) is 9.59 Å². The zero-order valence-electron chi connectivity index (χ0n) is 27.2. The second-order valence-electron chi connectivity index (χ2n) is 9.75. The third kappa shape index (κ3) is 27.7. The summed E-state index contributed by atoms with van der Waals surface area (Å²) in [5.74, 6) is -7.81. The number of benzene rings is 2.